The average molecular weight is 386 g/mol. The molecule has 8 heteroatoms. The minimum Gasteiger partial charge on any atom is -0.345 e. The van der Waals surface area contributed by atoms with E-state index in [1.54, 1.807) is 41.2 Å². The third-order valence-corrected chi connectivity index (χ3v) is 5.44. The van der Waals surface area contributed by atoms with E-state index in [0.717, 1.165) is 16.7 Å². The molecule has 0 spiro atoms. The molecule has 0 saturated carbocycles. The lowest BCUT2D eigenvalue weighted by Crippen LogP contribution is -2.30. The molecule has 1 unspecified atom stereocenters. The van der Waals surface area contributed by atoms with E-state index in [1.807, 2.05) is 25.1 Å². The number of imidazole rings is 1. The number of carbonyl (C=O) groups excluding carboxylic acids is 1. The molecule has 1 aliphatic rings. The van der Waals surface area contributed by atoms with E-state index >= 15 is 4.39 Å². The second-order valence-corrected chi connectivity index (χ2v) is 7.00. The molecule has 2 aromatic carbocycles. The predicted molar refractivity (Wildman–Crippen MR) is 104 cm³/mol. The summed E-state index contributed by atoms with van der Waals surface area (Å²) >= 11 is 0. The van der Waals surface area contributed by atoms with E-state index < -0.39 is 11.9 Å². The normalized spacial score (nSPS) is 15.7. The minimum atomic E-state index is -0.681. The Morgan fingerprint density at radius 1 is 1.24 bits per heavy atom. The Hall–Kier alpha value is -3.99. The molecule has 2 aromatic heterocycles. The number of benzene rings is 2. The molecule has 1 atom stereocenters. The number of nitrogens with one attached hydrogen (secondary N) is 1. The minimum absolute atomic E-state index is 0.226. The number of rotatable bonds is 2. The number of hydrogen-bond donors (Lipinski definition) is 1. The fourth-order valence-electron chi connectivity index (χ4n) is 3.92. The molecule has 29 heavy (non-hydrogen) atoms. The maximum atomic E-state index is 15.0. The Morgan fingerprint density at radius 2 is 2.07 bits per heavy atom. The van der Waals surface area contributed by atoms with Crippen LogP contribution < -0.4 is 4.90 Å². The van der Waals surface area contributed by atoms with Gasteiger partial charge in [0.15, 0.2) is 5.69 Å². The van der Waals surface area contributed by atoms with Gasteiger partial charge in [-0.2, -0.15) is 10.4 Å². The first-order chi connectivity index (χ1) is 14.0. The SMILES string of the molecule is Cc1c2c(nn1C)C(=O)N(c1ccc3nc[nH]c3c1)C2c1ccc(C#N)cc1F. The van der Waals surface area contributed by atoms with E-state index in [9.17, 15) is 4.79 Å². The summed E-state index contributed by atoms with van der Waals surface area (Å²) in [6.45, 7) is 1.86. The maximum absolute atomic E-state index is 15.0. The topological polar surface area (TPSA) is 90.6 Å². The lowest BCUT2D eigenvalue weighted by Gasteiger charge is -2.27. The van der Waals surface area contributed by atoms with Gasteiger partial charge in [-0.05, 0) is 37.3 Å². The highest BCUT2D eigenvalue weighted by Crippen LogP contribution is 2.43. The van der Waals surface area contributed by atoms with E-state index in [1.165, 1.54) is 6.07 Å². The van der Waals surface area contributed by atoms with Crippen molar-refractivity contribution in [2.75, 3.05) is 4.90 Å². The number of hydrogen-bond acceptors (Lipinski definition) is 4. The number of amides is 1. The number of fused-ring (bicyclic) bond motifs is 2. The van der Waals surface area contributed by atoms with Crippen LogP contribution in [0.4, 0.5) is 10.1 Å². The highest BCUT2D eigenvalue weighted by Gasteiger charge is 2.44. The first-order valence-corrected chi connectivity index (χ1v) is 8.99. The van der Waals surface area contributed by atoms with Gasteiger partial charge in [0.2, 0.25) is 0 Å². The van der Waals surface area contributed by atoms with E-state index in [2.05, 4.69) is 15.1 Å². The number of aromatic nitrogens is 4. The van der Waals surface area contributed by atoms with Crippen LogP contribution in [0.2, 0.25) is 0 Å². The molecule has 0 fully saturated rings. The van der Waals surface area contributed by atoms with Gasteiger partial charge < -0.3 is 4.98 Å². The molecule has 1 amide bonds. The smallest absolute Gasteiger partial charge is 0.280 e. The van der Waals surface area contributed by atoms with Gasteiger partial charge in [0.25, 0.3) is 5.91 Å². The van der Waals surface area contributed by atoms with E-state index in [0.29, 0.717) is 22.5 Å². The molecule has 3 heterocycles. The molecule has 0 saturated heterocycles. The zero-order valence-corrected chi connectivity index (χ0v) is 15.6. The zero-order valence-electron chi connectivity index (χ0n) is 15.6. The van der Waals surface area contributed by atoms with Crippen LogP contribution in [0, 0.1) is 24.1 Å². The number of carbonyl (C=O) groups is 1. The second kappa shape index (κ2) is 6.01. The highest BCUT2D eigenvalue weighted by atomic mass is 19.1. The lowest BCUT2D eigenvalue weighted by atomic mass is 9.97. The molecular weight excluding hydrogens is 371 g/mol. The van der Waals surface area contributed by atoms with Crippen molar-refractivity contribution in [1.29, 1.82) is 5.26 Å². The number of nitrogens with zero attached hydrogens (tertiary/aromatic N) is 5. The predicted octanol–water partition coefficient (Wildman–Crippen LogP) is 3.37. The Labute approximate surface area is 165 Å². The van der Waals surface area contributed by atoms with Crippen molar-refractivity contribution in [3.63, 3.8) is 0 Å². The van der Waals surface area contributed by atoms with Crippen LogP contribution >= 0.6 is 0 Å². The Morgan fingerprint density at radius 3 is 2.83 bits per heavy atom. The summed E-state index contributed by atoms with van der Waals surface area (Å²) in [5.41, 5.74) is 4.47. The third kappa shape index (κ3) is 2.37. The van der Waals surface area contributed by atoms with Crippen LogP contribution in [0.15, 0.2) is 42.7 Å². The Bertz CT molecular complexity index is 1350. The van der Waals surface area contributed by atoms with Gasteiger partial charge >= 0.3 is 0 Å². The van der Waals surface area contributed by atoms with Crippen LogP contribution in [0.25, 0.3) is 11.0 Å². The highest BCUT2D eigenvalue weighted by molar-refractivity contribution is 6.11. The monoisotopic (exact) mass is 386 g/mol. The van der Waals surface area contributed by atoms with Crippen molar-refractivity contribution in [1.82, 2.24) is 19.7 Å². The number of aryl methyl sites for hydroxylation is 1. The summed E-state index contributed by atoms with van der Waals surface area (Å²) in [7, 11) is 1.76. The summed E-state index contributed by atoms with van der Waals surface area (Å²) in [4.78, 5) is 22.1. The van der Waals surface area contributed by atoms with E-state index in [4.69, 9.17) is 5.26 Å². The van der Waals surface area contributed by atoms with Crippen molar-refractivity contribution in [3.05, 3.63) is 76.6 Å². The van der Waals surface area contributed by atoms with Crippen LogP contribution in [0.3, 0.4) is 0 Å². The van der Waals surface area contributed by atoms with E-state index in [-0.39, 0.29) is 11.5 Å². The van der Waals surface area contributed by atoms with Crippen molar-refractivity contribution in [2.45, 2.75) is 13.0 Å². The molecule has 142 valence electrons. The van der Waals surface area contributed by atoms with Crippen LogP contribution in [0.5, 0.6) is 0 Å². The van der Waals surface area contributed by atoms with Gasteiger partial charge in [-0.1, -0.05) is 6.07 Å². The number of nitriles is 1. The molecule has 0 aliphatic carbocycles. The molecule has 5 rings (SSSR count). The first-order valence-electron chi connectivity index (χ1n) is 8.99. The fraction of sp³-hybridized carbons (Fsp3) is 0.143. The first kappa shape index (κ1) is 17.1. The van der Waals surface area contributed by atoms with Crippen molar-refractivity contribution < 1.29 is 9.18 Å². The lowest BCUT2D eigenvalue weighted by molar-refractivity contribution is 0.0988. The quantitative estimate of drug-likeness (QED) is 0.572. The summed E-state index contributed by atoms with van der Waals surface area (Å²) in [6.07, 6.45) is 1.58. The molecule has 0 bridgehead atoms. The molecule has 1 aliphatic heterocycles. The maximum Gasteiger partial charge on any atom is 0.280 e. The van der Waals surface area contributed by atoms with Gasteiger partial charge in [-0.3, -0.25) is 14.4 Å². The summed E-state index contributed by atoms with van der Waals surface area (Å²) in [5, 5.41) is 13.4. The average Bonchev–Trinajstić information content (AvgIpc) is 3.37. The van der Waals surface area contributed by atoms with Gasteiger partial charge in [-0.25, -0.2) is 9.37 Å². The van der Waals surface area contributed by atoms with Gasteiger partial charge in [0.1, 0.15) is 5.82 Å². The number of H-pyrrole nitrogens is 1. The zero-order chi connectivity index (χ0) is 20.3. The number of aromatic amines is 1. The summed E-state index contributed by atoms with van der Waals surface area (Å²) in [6, 6.07) is 11.0. The van der Waals surface area contributed by atoms with Gasteiger partial charge in [0.05, 0.1) is 35.0 Å². The van der Waals surface area contributed by atoms with Crippen molar-refractivity contribution in [3.8, 4) is 6.07 Å². The molecule has 4 aromatic rings. The molecule has 1 N–H and O–H groups in total. The molecular formula is C21H15FN6O. The number of halogens is 1. The Balaban J connectivity index is 1.75. The molecule has 0 radical (unpaired) electrons. The Kier molecular flexibility index (Phi) is 3.55. The summed E-state index contributed by atoms with van der Waals surface area (Å²) < 4.78 is 16.6. The van der Waals surface area contributed by atoms with Crippen molar-refractivity contribution >= 4 is 22.6 Å². The standard InChI is InChI=1S/C21H15FN6O/c1-11-18-19(26-27(11)2)21(29)28(13-4-6-16-17(8-13)25-10-24-16)20(18)14-5-3-12(9-23)7-15(14)22/h3-8,10,20H,1-2H3,(H,24,25). The largest absolute Gasteiger partial charge is 0.345 e. The fourth-order valence-corrected chi connectivity index (χ4v) is 3.92. The van der Waals surface area contributed by atoms with Crippen LogP contribution in [-0.4, -0.2) is 25.7 Å². The summed E-state index contributed by atoms with van der Waals surface area (Å²) in [5.74, 6) is -0.832. The van der Waals surface area contributed by atoms with Crippen LogP contribution in [0.1, 0.15) is 38.9 Å². The molecule has 7 nitrogen and oxygen atoms in total. The van der Waals surface area contributed by atoms with Crippen molar-refractivity contribution in [2.24, 2.45) is 7.05 Å². The third-order valence-electron chi connectivity index (χ3n) is 5.44. The van der Waals surface area contributed by atoms with Crippen LogP contribution in [-0.2, 0) is 7.05 Å². The number of anilines is 1. The van der Waals surface area contributed by atoms with Gasteiger partial charge in [0, 0.05) is 29.6 Å². The van der Waals surface area contributed by atoms with Gasteiger partial charge in [-0.15, -0.1) is 0 Å². The second-order valence-electron chi connectivity index (χ2n) is 7.00.